The molecular weight excluding hydrogens is 244 g/mol. The van der Waals surface area contributed by atoms with Crippen molar-refractivity contribution in [2.24, 2.45) is 0 Å². The number of carbonyl (C=O) groups is 2. The Morgan fingerprint density at radius 1 is 1.21 bits per heavy atom. The first-order chi connectivity index (χ1) is 8.97. The van der Waals surface area contributed by atoms with Crippen LogP contribution in [0.2, 0.25) is 0 Å². The molecule has 5 heteroatoms. The Hall–Kier alpha value is -2.30. The van der Waals surface area contributed by atoms with Crippen molar-refractivity contribution in [1.29, 1.82) is 0 Å². The van der Waals surface area contributed by atoms with E-state index < -0.39 is 5.97 Å². The fourth-order valence-electron chi connectivity index (χ4n) is 1.44. The molecule has 0 saturated heterocycles. The van der Waals surface area contributed by atoms with Crippen LogP contribution in [0.3, 0.4) is 0 Å². The molecule has 1 amide bonds. The highest BCUT2D eigenvalue weighted by Gasteiger charge is 2.10. The highest BCUT2D eigenvalue weighted by atomic mass is 16.5. The van der Waals surface area contributed by atoms with Gasteiger partial charge in [0.1, 0.15) is 5.70 Å². The quantitative estimate of drug-likeness (QED) is 0.637. The summed E-state index contributed by atoms with van der Waals surface area (Å²) in [7, 11) is 2.76. The van der Waals surface area contributed by atoms with Crippen molar-refractivity contribution >= 4 is 17.6 Å². The molecule has 0 atom stereocenters. The van der Waals surface area contributed by atoms with Gasteiger partial charge in [-0.25, -0.2) is 4.79 Å². The number of hydrogen-bond acceptors (Lipinski definition) is 4. The predicted molar refractivity (Wildman–Crippen MR) is 73.7 cm³/mol. The summed E-state index contributed by atoms with van der Waals surface area (Å²) < 4.78 is 4.52. The molecular formula is C14H18N2O3. The molecule has 102 valence electrons. The van der Waals surface area contributed by atoms with Gasteiger partial charge in [0.25, 0.3) is 5.91 Å². The van der Waals surface area contributed by atoms with Gasteiger partial charge in [0.15, 0.2) is 0 Å². The van der Waals surface area contributed by atoms with Gasteiger partial charge < -0.3 is 15.4 Å². The second-order valence-electron chi connectivity index (χ2n) is 4.08. The van der Waals surface area contributed by atoms with Crippen molar-refractivity contribution in [3.63, 3.8) is 0 Å². The number of esters is 1. The van der Waals surface area contributed by atoms with Crippen LogP contribution in [0.15, 0.2) is 30.0 Å². The Bertz CT molecular complexity index is 521. The summed E-state index contributed by atoms with van der Waals surface area (Å²) in [6, 6.07) is 5.69. The van der Waals surface area contributed by atoms with Gasteiger partial charge in [-0.3, -0.25) is 4.79 Å². The van der Waals surface area contributed by atoms with E-state index in [1.165, 1.54) is 14.2 Å². The predicted octanol–water partition coefficient (Wildman–Crippen LogP) is 1.52. The number of likely N-dealkylation sites (N-methyl/N-ethyl adjacent to an activating group) is 1. The second kappa shape index (κ2) is 6.58. The molecule has 0 saturated carbocycles. The van der Waals surface area contributed by atoms with Crippen molar-refractivity contribution < 1.29 is 14.3 Å². The number of ether oxygens (including phenoxy) is 1. The molecule has 0 radical (unpaired) electrons. The molecule has 0 heterocycles. The van der Waals surface area contributed by atoms with Crippen molar-refractivity contribution in [2.45, 2.75) is 13.8 Å². The van der Waals surface area contributed by atoms with E-state index in [4.69, 9.17) is 0 Å². The molecule has 5 nitrogen and oxygen atoms in total. The maximum atomic E-state index is 11.7. The van der Waals surface area contributed by atoms with Crippen LogP contribution in [0.4, 0.5) is 5.69 Å². The van der Waals surface area contributed by atoms with Gasteiger partial charge in [-0.05, 0) is 37.1 Å². The summed E-state index contributed by atoms with van der Waals surface area (Å²) in [6.45, 7) is 3.98. The van der Waals surface area contributed by atoms with E-state index in [1.807, 2.05) is 32.0 Å². The van der Waals surface area contributed by atoms with Gasteiger partial charge >= 0.3 is 5.97 Å². The number of carbonyl (C=O) groups excluding carboxylic acids is 2. The molecule has 1 aromatic carbocycles. The third-order valence-electron chi connectivity index (χ3n) is 2.72. The lowest BCUT2D eigenvalue weighted by molar-refractivity contribution is -0.135. The summed E-state index contributed by atoms with van der Waals surface area (Å²) in [5.74, 6) is -0.974. The molecule has 19 heavy (non-hydrogen) atoms. The van der Waals surface area contributed by atoms with Gasteiger partial charge in [-0.2, -0.15) is 0 Å². The SMILES string of the molecule is CNC(=O)/C(=C/C(=O)OC)Nc1ccc(C)c(C)c1. The van der Waals surface area contributed by atoms with Crippen LogP contribution in [0.5, 0.6) is 0 Å². The van der Waals surface area contributed by atoms with Crippen molar-refractivity contribution in [3.8, 4) is 0 Å². The number of benzene rings is 1. The molecule has 0 aromatic heterocycles. The molecule has 0 aliphatic carbocycles. The summed E-state index contributed by atoms with van der Waals surface area (Å²) in [5.41, 5.74) is 3.13. The van der Waals surface area contributed by atoms with Crippen LogP contribution in [-0.4, -0.2) is 26.0 Å². The number of rotatable bonds is 4. The van der Waals surface area contributed by atoms with E-state index in [2.05, 4.69) is 15.4 Å². The molecule has 0 bridgehead atoms. The van der Waals surface area contributed by atoms with Crippen LogP contribution >= 0.6 is 0 Å². The van der Waals surface area contributed by atoms with Crippen LogP contribution in [0, 0.1) is 13.8 Å². The van der Waals surface area contributed by atoms with E-state index in [-0.39, 0.29) is 11.6 Å². The zero-order valence-electron chi connectivity index (χ0n) is 11.5. The van der Waals surface area contributed by atoms with Crippen molar-refractivity contribution in [2.75, 3.05) is 19.5 Å². The fraction of sp³-hybridized carbons (Fsp3) is 0.286. The molecule has 1 aromatic rings. The van der Waals surface area contributed by atoms with Gasteiger partial charge in [-0.1, -0.05) is 6.07 Å². The number of amides is 1. The maximum Gasteiger partial charge on any atom is 0.332 e. The van der Waals surface area contributed by atoms with Gasteiger partial charge in [0, 0.05) is 12.7 Å². The highest BCUT2D eigenvalue weighted by Crippen LogP contribution is 2.16. The largest absolute Gasteiger partial charge is 0.466 e. The van der Waals surface area contributed by atoms with Crippen LogP contribution < -0.4 is 10.6 Å². The number of methoxy groups -OCH3 is 1. The van der Waals surface area contributed by atoms with Crippen molar-refractivity contribution in [3.05, 3.63) is 41.1 Å². The first-order valence-corrected chi connectivity index (χ1v) is 5.84. The molecule has 0 aliphatic heterocycles. The van der Waals surface area contributed by atoms with E-state index in [0.29, 0.717) is 0 Å². The summed E-state index contributed by atoms with van der Waals surface area (Å²) >= 11 is 0. The molecule has 0 fully saturated rings. The maximum absolute atomic E-state index is 11.7. The van der Waals surface area contributed by atoms with E-state index >= 15 is 0 Å². The van der Waals surface area contributed by atoms with Crippen LogP contribution in [0.1, 0.15) is 11.1 Å². The Morgan fingerprint density at radius 2 is 1.89 bits per heavy atom. The van der Waals surface area contributed by atoms with Gasteiger partial charge in [0.05, 0.1) is 13.2 Å². The minimum atomic E-state index is -0.588. The third-order valence-corrected chi connectivity index (χ3v) is 2.72. The fourth-order valence-corrected chi connectivity index (χ4v) is 1.44. The zero-order chi connectivity index (χ0) is 14.4. The molecule has 2 N–H and O–H groups in total. The number of aryl methyl sites for hydroxylation is 2. The average Bonchev–Trinajstić information content (AvgIpc) is 2.41. The molecule has 0 unspecified atom stereocenters. The number of anilines is 1. The van der Waals surface area contributed by atoms with E-state index in [0.717, 1.165) is 22.9 Å². The minimum Gasteiger partial charge on any atom is -0.466 e. The lowest BCUT2D eigenvalue weighted by Gasteiger charge is -2.11. The Labute approximate surface area is 112 Å². The summed E-state index contributed by atoms with van der Waals surface area (Å²) in [5, 5.41) is 5.37. The average molecular weight is 262 g/mol. The Morgan fingerprint density at radius 3 is 2.42 bits per heavy atom. The van der Waals surface area contributed by atoms with Crippen LogP contribution in [-0.2, 0) is 14.3 Å². The Balaban J connectivity index is 3.00. The lowest BCUT2D eigenvalue weighted by atomic mass is 10.1. The summed E-state index contributed by atoms with van der Waals surface area (Å²) in [6.07, 6.45) is 1.12. The number of nitrogens with one attached hydrogen (secondary N) is 2. The third kappa shape index (κ3) is 4.13. The standard InChI is InChI=1S/C14H18N2O3/c1-9-5-6-11(7-10(9)2)16-12(14(18)15-3)8-13(17)19-4/h5-8,16H,1-4H3,(H,15,18)/b12-8-. The first kappa shape index (κ1) is 14.8. The summed E-state index contributed by atoms with van der Waals surface area (Å²) in [4.78, 5) is 22.9. The lowest BCUT2D eigenvalue weighted by Crippen LogP contribution is -2.25. The topological polar surface area (TPSA) is 67.4 Å². The van der Waals surface area contributed by atoms with Crippen LogP contribution in [0.25, 0.3) is 0 Å². The highest BCUT2D eigenvalue weighted by molar-refractivity contribution is 6.01. The van der Waals surface area contributed by atoms with E-state index in [1.54, 1.807) is 0 Å². The molecule has 1 rings (SSSR count). The van der Waals surface area contributed by atoms with Crippen molar-refractivity contribution in [1.82, 2.24) is 5.32 Å². The minimum absolute atomic E-state index is 0.137. The molecule has 0 spiro atoms. The zero-order valence-corrected chi connectivity index (χ0v) is 11.5. The first-order valence-electron chi connectivity index (χ1n) is 5.84. The molecule has 0 aliphatic rings. The normalized spacial score (nSPS) is 10.8. The second-order valence-corrected chi connectivity index (χ2v) is 4.08. The number of hydrogen-bond donors (Lipinski definition) is 2. The van der Waals surface area contributed by atoms with E-state index in [9.17, 15) is 9.59 Å². The smallest absolute Gasteiger partial charge is 0.332 e. The van der Waals surface area contributed by atoms with Gasteiger partial charge in [0.2, 0.25) is 0 Å². The monoisotopic (exact) mass is 262 g/mol. The Kier molecular flexibility index (Phi) is 5.11. The van der Waals surface area contributed by atoms with Gasteiger partial charge in [-0.15, -0.1) is 0 Å².